The van der Waals surface area contributed by atoms with Crippen LogP contribution in [-0.2, 0) is 6.54 Å². The second-order valence-corrected chi connectivity index (χ2v) is 5.45. The van der Waals surface area contributed by atoms with Gasteiger partial charge in [-0.25, -0.2) is 9.97 Å². The van der Waals surface area contributed by atoms with Crippen molar-refractivity contribution in [3.8, 4) is 11.8 Å². The summed E-state index contributed by atoms with van der Waals surface area (Å²) >= 11 is 5.98. The van der Waals surface area contributed by atoms with Crippen molar-refractivity contribution in [2.24, 2.45) is 0 Å². The van der Waals surface area contributed by atoms with Gasteiger partial charge >= 0.3 is 6.01 Å². The summed E-state index contributed by atoms with van der Waals surface area (Å²) in [6, 6.07) is 6.51. The van der Waals surface area contributed by atoms with E-state index < -0.39 is 0 Å². The van der Waals surface area contributed by atoms with E-state index in [9.17, 15) is 0 Å². The van der Waals surface area contributed by atoms with E-state index in [-0.39, 0.29) is 0 Å². The average Bonchev–Trinajstić information content (AvgIpc) is 3.26. The third-order valence-electron chi connectivity index (χ3n) is 3.19. The lowest BCUT2D eigenvalue weighted by molar-refractivity contribution is 0.440. The van der Waals surface area contributed by atoms with E-state index >= 15 is 0 Å². The minimum Gasteiger partial charge on any atom is -0.424 e. The van der Waals surface area contributed by atoms with Gasteiger partial charge in [0.2, 0.25) is 0 Å². The van der Waals surface area contributed by atoms with Gasteiger partial charge in [0.1, 0.15) is 5.75 Å². The number of nitrogens with zero attached hydrogens (tertiary/aromatic N) is 2. The molecule has 0 atom stereocenters. The highest BCUT2D eigenvalue weighted by Gasteiger charge is 2.19. The van der Waals surface area contributed by atoms with E-state index in [1.54, 1.807) is 24.5 Å². The minimum absolute atomic E-state index is 0.349. The van der Waals surface area contributed by atoms with Gasteiger partial charge < -0.3 is 10.1 Å². The fourth-order valence-corrected chi connectivity index (χ4v) is 1.94. The summed E-state index contributed by atoms with van der Waals surface area (Å²) in [5, 5.41) is 4.14. The lowest BCUT2D eigenvalue weighted by Crippen LogP contribution is -2.15. The molecule has 1 heterocycles. The Morgan fingerprint density at radius 1 is 1.30 bits per heavy atom. The van der Waals surface area contributed by atoms with Gasteiger partial charge in [-0.2, -0.15) is 0 Å². The molecule has 0 aliphatic heterocycles. The molecule has 1 N–H and O–H groups in total. The van der Waals surface area contributed by atoms with Gasteiger partial charge in [0.05, 0.1) is 0 Å². The molecule has 104 valence electrons. The van der Waals surface area contributed by atoms with Gasteiger partial charge in [-0.15, -0.1) is 0 Å². The van der Waals surface area contributed by atoms with Gasteiger partial charge in [0.15, 0.2) is 0 Å². The Morgan fingerprint density at radius 2 is 2.05 bits per heavy atom. The molecule has 1 aliphatic rings. The smallest absolute Gasteiger partial charge is 0.321 e. The normalized spacial score (nSPS) is 14.3. The fraction of sp³-hybridized carbons (Fsp3) is 0.333. The van der Waals surface area contributed by atoms with E-state index in [1.165, 1.54) is 12.8 Å². The molecule has 1 fully saturated rings. The molecule has 1 aromatic carbocycles. The van der Waals surface area contributed by atoms with Crippen molar-refractivity contribution < 1.29 is 4.74 Å². The number of hydrogen-bond acceptors (Lipinski definition) is 4. The lowest BCUT2D eigenvalue weighted by Gasteiger charge is -2.06. The molecule has 0 saturated heterocycles. The average molecular weight is 290 g/mol. The number of halogens is 1. The molecule has 0 radical (unpaired) electrons. The van der Waals surface area contributed by atoms with Crippen LogP contribution in [0.15, 0.2) is 30.6 Å². The van der Waals surface area contributed by atoms with Crippen LogP contribution in [0, 0.1) is 6.92 Å². The summed E-state index contributed by atoms with van der Waals surface area (Å²) in [7, 11) is 0. The first-order valence-electron chi connectivity index (χ1n) is 6.69. The van der Waals surface area contributed by atoms with Gasteiger partial charge in [-0.05, 0) is 43.5 Å². The SMILES string of the molecule is Cc1cc(Oc2ncc(CNC3CC3)cn2)ccc1Cl. The molecule has 1 aromatic heterocycles. The largest absolute Gasteiger partial charge is 0.424 e. The number of aryl methyl sites for hydroxylation is 1. The first-order chi connectivity index (χ1) is 9.70. The molecule has 20 heavy (non-hydrogen) atoms. The van der Waals surface area contributed by atoms with Crippen LogP contribution < -0.4 is 10.1 Å². The van der Waals surface area contributed by atoms with E-state index in [2.05, 4.69) is 15.3 Å². The second kappa shape index (κ2) is 5.77. The molecular weight excluding hydrogens is 274 g/mol. The number of benzene rings is 1. The van der Waals surface area contributed by atoms with Gasteiger partial charge in [-0.1, -0.05) is 11.6 Å². The Labute approximate surface area is 123 Å². The van der Waals surface area contributed by atoms with Crippen LogP contribution in [0.25, 0.3) is 0 Å². The van der Waals surface area contributed by atoms with Crippen LogP contribution >= 0.6 is 11.6 Å². The van der Waals surface area contributed by atoms with Gasteiger partial charge in [-0.3, -0.25) is 0 Å². The number of hydrogen-bond donors (Lipinski definition) is 1. The van der Waals surface area contributed by atoms with E-state index in [0.29, 0.717) is 17.8 Å². The second-order valence-electron chi connectivity index (χ2n) is 5.04. The van der Waals surface area contributed by atoms with Crippen LogP contribution in [-0.4, -0.2) is 16.0 Å². The quantitative estimate of drug-likeness (QED) is 0.915. The highest BCUT2D eigenvalue weighted by Crippen LogP contribution is 2.24. The summed E-state index contributed by atoms with van der Waals surface area (Å²) in [5.41, 5.74) is 2.03. The Bertz CT molecular complexity index is 597. The molecule has 1 saturated carbocycles. The van der Waals surface area contributed by atoms with Crippen LogP contribution in [0.5, 0.6) is 11.8 Å². The Kier molecular flexibility index (Phi) is 3.85. The zero-order valence-electron chi connectivity index (χ0n) is 11.3. The zero-order chi connectivity index (χ0) is 13.9. The van der Waals surface area contributed by atoms with Crippen LogP contribution in [0.3, 0.4) is 0 Å². The molecule has 5 heteroatoms. The van der Waals surface area contributed by atoms with Crippen molar-refractivity contribution >= 4 is 11.6 Å². The summed E-state index contributed by atoms with van der Waals surface area (Å²) in [6.45, 7) is 2.74. The van der Waals surface area contributed by atoms with Crippen molar-refractivity contribution in [2.45, 2.75) is 32.4 Å². The van der Waals surface area contributed by atoms with E-state index in [0.717, 1.165) is 22.7 Å². The molecule has 0 unspecified atom stereocenters. The zero-order valence-corrected chi connectivity index (χ0v) is 12.0. The van der Waals surface area contributed by atoms with Crippen LogP contribution in [0.4, 0.5) is 0 Å². The number of nitrogens with one attached hydrogen (secondary N) is 1. The standard InChI is InChI=1S/C15H16ClN3O/c1-10-6-13(4-5-14(10)16)20-15-18-8-11(9-19-15)7-17-12-2-3-12/h4-6,8-9,12,17H,2-3,7H2,1H3. The third-order valence-corrected chi connectivity index (χ3v) is 3.62. The van der Waals surface area contributed by atoms with Crippen molar-refractivity contribution in [2.75, 3.05) is 0 Å². The molecule has 0 bridgehead atoms. The molecule has 0 amide bonds. The predicted octanol–water partition coefficient (Wildman–Crippen LogP) is 3.48. The molecule has 4 nitrogen and oxygen atoms in total. The maximum absolute atomic E-state index is 5.98. The van der Waals surface area contributed by atoms with Crippen molar-refractivity contribution in [1.29, 1.82) is 0 Å². The summed E-state index contributed by atoms with van der Waals surface area (Å²) in [4.78, 5) is 8.44. The summed E-state index contributed by atoms with van der Waals surface area (Å²) in [6.07, 6.45) is 6.14. The van der Waals surface area contributed by atoms with Crippen molar-refractivity contribution in [3.63, 3.8) is 0 Å². The van der Waals surface area contributed by atoms with Crippen LogP contribution in [0.2, 0.25) is 5.02 Å². The Hall–Kier alpha value is -1.65. The number of rotatable bonds is 5. The maximum Gasteiger partial charge on any atom is 0.321 e. The maximum atomic E-state index is 5.98. The van der Waals surface area contributed by atoms with E-state index in [4.69, 9.17) is 16.3 Å². The fourth-order valence-electron chi connectivity index (χ4n) is 1.82. The molecule has 0 spiro atoms. The number of ether oxygens (including phenoxy) is 1. The first kappa shape index (κ1) is 13.3. The van der Waals surface area contributed by atoms with Crippen LogP contribution in [0.1, 0.15) is 24.0 Å². The van der Waals surface area contributed by atoms with Gasteiger partial charge in [0.25, 0.3) is 0 Å². The first-order valence-corrected chi connectivity index (χ1v) is 7.07. The molecule has 2 aromatic rings. The highest BCUT2D eigenvalue weighted by molar-refractivity contribution is 6.31. The number of aromatic nitrogens is 2. The predicted molar refractivity (Wildman–Crippen MR) is 78.2 cm³/mol. The molecule has 1 aliphatic carbocycles. The molecule has 3 rings (SSSR count). The highest BCUT2D eigenvalue weighted by atomic mass is 35.5. The van der Waals surface area contributed by atoms with Crippen molar-refractivity contribution in [3.05, 3.63) is 46.7 Å². The van der Waals surface area contributed by atoms with E-state index in [1.807, 2.05) is 13.0 Å². The minimum atomic E-state index is 0.349. The third kappa shape index (κ3) is 3.46. The Balaban J connectivity index is 1.62. The monoisotopic (exact) mass is 289 g/mol. The summed E-state index contributed by atoms with van der Waals surface area (Å²) in [5.74, 6) is 0.691. The Morgan fingerprint density at radius 3 is 2.70 bits per heavy atom. The molecular formula is C15H16ClN3O. The summed E-state index contributed by atoms with van der Waals surface area (Å²) < 4.78 is 5.61. The van der Waals surface area contributed by atoms with Gasteiger partial charge in [0, 0.05) is 35.6 Å². The topological polar surface area (TPSA) is 47.0 Å². The lowest BCUT2D eigenvalue weighted by atomic mass is 10.2. The van der Waals surface area contributed by atoms with Crippen molar-refractivity contribution in [1.82, 2.24) is 15.3 Å².